The SMILES string of the molecule is CN(C)S(=O)(=O)NC1CCC(N)CC1. The van der Waals surface area contributed by atoms with Crippen molar-refractivity contribution in [2.75, 3.05) is 14.1 Å². The number of hydrogen-bond donors (Lipinski definition) is 2. The molecule has 0 bridgehead atoms. The Morgan fingerprint density at radius 1 is 1.21 bits per heavy atom. The smallest absolute Gasteiger partial charge is 0.279 e. The van der Waals surface area contributed by atoms with Crippen molar-refractivity contribution in [3.63, 3.8) is 0 Å². The van der Waals surface area contributed by atoms with Gasteiger partial charge in [0.15, 0.2) is 0 Å². The van der Waals surface area contributed by atoms with Gasteiger partial charge in [0.25, 0.3) is 10.2 Å². The first kappa shape index (κ1) is 11.9. The molecule has 14 heavy (non-hydrogen) atoms. The van der Waals surface area contributed by atoms with E-state index in [1.807, 2.05) is 0 Å². The molecule has 6 heteroatoms. The molecule has 84 valence electrons. The van der Waals surface area contributed by atoms with Gasteiger partial charge in [0.2, 0.25) is 0 Å². The van der Waals surface area contributed by atoms with Gasteiger partial charge in [0.05, 0.1) is 0 Å². The molecule has 0 aromatic heterocycles. The fraction of sp³-hybridized carbons (Fsp3) is 1.00. The van der Waals surface area contributed by atoms with Crippen LogP contribution in [-0.4, -0.2) is 38.9 Å². The van der Waals surface area contributed by atoms with Crippen LogP contribution in [0.5, 0.6) is 0 Å². The first-order valence-electron chi connectivity index (χ1n) is 4.87. The minimum absolute atomic E-state index is 0.0576. The number of hydrogen-bond acceptors (Lipinski definition) is 3. The Bertz CT molecular complexity index is 268. The van der Waals surface area contributed by atoms with Crippen LogP contribution in [0.25, 0.3) is 0 Å². The molecular weight excluding hydrogens is 202 g/mol. The van der Waals surface area contributed by atoms with E-state index in [0.717, 1.165) is 25.7 Å². The topological polar surface area (TPSA) is 75.4 Å². The molecular formula is C8H19N3O2S. The van der Waals surface area contributed by atoms with Crippen LogP contribution in [-0.2, 0) is 10.2 Å². The molecule has 0 unspecified atom stereocenters. The van der Waals surface area contributed by atoms with Crippen LogP contribution in [0.1, 0.15) is 25.7 Å². The van der Waals surface area contributed by atoms with Gasteiger partial charge in [0.1, 0.15) is 0 Å². The summed E-state index contributed by atoms with van der Waals surface area (Å²) in [4.78, 5) is 0. The maximum atomic E-state index is 11.5. The van der Waals surface area contributed by atoms with Gasteiger partial charge in [0, 0.05) is 26.2 Å². The van der Waals surface area contributed by atoms with Crippen molar-refractivity contribution < 1.29 is 8.42 Å². The molecule has 0 atom stereocenters. The molecule has 1 aliphatic rings. The number of nitrogens with two attached hydrogens (primary N) is 1. The van der Waals surface area contributed by atoms with Gasteiger partial charge in [-0.05, 0) is 25.7 Å². The third-order valence-corrected chi connectivity index (χ3v) is 4.16. The van der Waals surface area contributed by atoms with Crippen LogP contribution < -0.4 is 10.5 Å². The van der Waals surface area contributed by atoms with E-state index in [4.69, 9.17) is 5.73 Å². The average molecular weight is 221 g/mol. The predicted octanol–water partition coefficient (Wildman–Crippen LogP) is -0.348. The van der Waals surface area contributed by atoms with E-state index >= 15 is 0 Å². The molecule has 0 amide bonds. The Labute approximate surface area is 85.8 Å². The second kappa shape index (κ2) is 4.57. The van der Waals surface area contributed by atoms with Crippen molar-refractivity contribution in [3.8, 4) is 0 Å². The third-order valence-electron chi connectivity index (χ3n) is 2.57. The van der Waals surface area contributed by atoms with E-state index in [-0.39, 0.29) is 12.1 Å². The van der Waals surface area contributed by atoms with Crippen LogP contribution >= 0.6 is 0 Å². The van der Waals surface area contributed by atoms with Gasteiger partial charge < -0.3 is 5.73 Å². The highest BCUT2D eigenvalue weighted by Crippen LogP contribution is 2.17. The van der Waals surface area contributed by atoms with Crippen LogP contribution in [0.15, 0.2) is 0 Å². The molecule has 0 saturated heterocycles. The molecule has 1 rings (SSSR count). The molecule has 5 nitrogen and oxygen atoms in total. The molecule has 3 N–H and O–H groups in total. The van der Waals surface area contributed by atoms with E-state index in [0.29, 0.717) is 0 Å². The highest BCUT2D eigenvalue weighted by molar-refractivity contribution is 7.87. The number of nitrogens with zero attached hydrogens (tertiary/aromatic N) is 1. The number of rotatable bonds is 3. The second-order valence-electron chi connectivity index (χ2n) is 4.02. The van der Waals surface area contributed by atoms with Crippen molar-refractivity contribution in [2.24, 2.45) is 5.73 Å². The van der Waals surface area contributed by atoms with E-state index in [2.05, 4.69) is 4.72 Å². The van der Waals surface area contributed by atoms with Gasteiger partial charge in [-0.2, -0.15) is 17.4 Å². The normalized spacial score (nSPS) is 29.4. The van der Waals surface area contributed by atoms with Crippen molar-refractivity contribution in [2.45, 2.75) is 37.8 Å². The summed E-state index contributed by atoms with van der Waals surface area (Å²) in [5.74, 6) is 0. The monoisotopic (exact) mass is 221 g/mol. The van der Waals surface area contributed by atoms with Crippen molar-refractivity contribution >= 4 is 10.2 Å². The van der Waals surface area contributed by atoms with E-state index in [1.165, 1.54) is 18.4 Å². The van der Waals surface area contributed by atoms with Crippen LogP contribution in [0, 0.1) is 0 Å². The standard InChI is InChI=1S/C8H19N3O2S/c1-11(2)14(12,13)10-8-5-3-7(9)4-6-8/h7-8,10H,3-6,9H2,1-2H3. The van der Waals surface area contributed by atoms with Crippen LogP contribution in [0.2, 0.25) is 0 Å². The Morgan fingerprint density at radius 3 is 2.14 bits per heavy atom. The summed E-state index contributed by atoms with van der Waals surface area (Å²) in [5.41, 5.74) is 5.73. The molecule has 0 aromatic rings. The summed E-state index contributed by atoms with van der Waals surface area (Å²) in [6.45, 7) is 0. The first-order chi connectivity index (χ1) is 6.42. The zero-order valence-corrected chi connectivity index (χ0v) is 9.55. The Kier molecular flexibility index (Phi) is 3.88. The summed E-state index contributed by atoms with van der Waals surface area (Å²) >= 11 is 0. The van der Waals surface area contributed by atoms with Gasteiger partial charge in [-0.3, -0.25) is 0 Å². The quantitative estimate of drug-likeness (QED) is 0.684. The maximum Gasteiger partial charge on any atom is 0.279 e. The molecule has 0 spiro atoms. The summed E-state index contributed by atoms with van der Waals surface area (Å²) in [6.07, 6.45) is 3.49. The number of nitrogens with one attached hydrogen (secondary N) is 1. The van der Waals surface area contributed by atoms with Gasteiger partial charge in [-0.1, -0.05) is 0 Å². The van der Waals surface area contributed by atoms with E-state index in [9.17, 15) is 8.42 Å². The lowest BCUT2D eigenvalue weighted by Crippen LogP contribution is -2.45. The summed E-state index contributed by atoms with van der Waals surface area (Å²) in [7, 11) is -0.223. The molecule has 1 saturated carbocycles. The minimum atomic E-state index is -3.27. The van der Waals surface area contributed by atoms with Crippen molar-refractivity contribution in [1.29, 1.82) is 0 Å². The Morgan fingerprint density at radius 2 is 1.71 bits per heavy atom. The molecule has 0 aliphatic heterocycles. The van der Waals surface area contributed by atoms with Gasteiger partial charge in [-0.15, -0.1) is 0 Å². The lowest BCUT2D eigenvalue weighted by molar-refractivity contribution is 0.367. The van der Waals surface area contributed by atoms with Crippen LogP contribution in [0.3, 0.4) is 0 Å². The molecule has 1 fully saturated rings. The predicted molar refractivity (Wildman–Crippen MR) is 56.0 cm³/mol. The molecule has 0 heterocycles. The molecule has 0 aromatic carbocycles. The maximum absolute atomic E-state index is 11.5. The summed E-state index contributed by atoms with van der Waals surface area (Å²) < 4.78 is 26.8. The Hall–Kier alpha value is -0.170. The molecule has 1 aliphatic carbocycles. The van der Waals surface area contributed by atoms with E-state index < -0.39 is 10.2 Å². The lowest BCUT2D eigenvalue weighted by atomic mass is 9.93. The van der Waals surface area contributed by atoms with Crippen molar-refractivity contribution in [1.82, 2.24) is 9.03 Å². The largest absolute Gasteiger partial charge is 0.328 e. The second-order valence-corrected chi connectivity index (χ2v) is 5.93. The summed E-state index contributed by atoms with van der Waals surface area (Å²) in [5, 5.41) is 0. The zero-order valence-electron chi connectivity index (χ0n) is 8.73. The minimum Gasteiger partial charge on any atom is -0.328 e. The first-order valence-corrected chi connectivity index (χ1v) is 6.31. The zero-order chi connectivity index (χ0) is 10.8. The highest BCUT2D eigenvalue weighted by atomic mass is 32.2. The lowest BCUT2D eigenvalue weighted by Gasteiger charge is -2.27. The van der Waals surface area contributed by atoms with E-state index in [1.54, 1.807) is 0 Å². The van der Waals surface area contributed by atoms with Gasteiger partial charge in [-0.25, -0.2) is 0 Å². The highest BCUT2D eigenvalue weighted by Gasteiger charge is 2.23. The molecule has 0 radical (unpaired) electrons. The Balaban J connectivity index is 2.46. The van der Waals surface area contributed by atoms with Crippen LogP contribution in [0.4, 0.5) is 0 Å². The van der Waals surface area contributed by atoms with Crippen molar-refractivity contribution in [3.05, 3.63) is 0 Å². The van der Waals surface area contributed by atoms with Gasteiger partial charge >= 0.3 is 0 Å². The third kappa shape index (κ3) is 3.20. The average Bonchev–Trinajstić information content (AvgIpc) is 2.08. The summed E-state index contributed by atoms with van der Waals surface area (Å²) in [6, 6.07) is 0.303. The fourth-order valence-corrected chi connectivity index (χ4v) is 2.42. The fourth-order valence-electron chi connectivity index (χ4n) is 1.55.